The number of nitrogens with one attached hydrogen (secondary N) is 1. The highest BCUT2D eigenvalue weighted by Gasteiger charge is 2.41. The van der Waals surface area contributed by atoms with E-state index < -0.39 is 0 Å². The van der Waals surface area contributed by atoms with Crippen LogP contribution < -0.4 is 5.32 Å². The van der Waals surface area contributed by atoms with E-state index in [1.54, 1.807) is 0 Å². The molecule has 2 atom stereocenters. The van der Waals surface area contributed by atoms with Crippen molar-refractivity contribution in [3.63, 3.8) is 0 Å². The molecule has 0 saturated heterocycles. The van der Waals surface area contributed by atoms with Crippen molar-refractivity contribution in [2.75, 3.05) is 7.05 Å². The molecule has 17 heavy (non-hydrogen) atoms. The van der Waals surface area contributed by atoms with Gasteiger partial charge in [0.1, 0.15) is 0 Å². The summed E-state index contributed by atoms with van der Waals surface area (Å²) in [5, 5.41) is 11.6. The molecule has 0 aliphatic heterocycles. The monoisotopic (exact) mass is 300 g/mol. The predicted molar refractivity (Wildman–Crippen MR) is 71.6 cm³/mol. The fraction of sp³-hybridized carbons (Fsp3) is 0.833. The molecule has 1 aliphatic carbocycles. The van der Waals surface area contributed by atoms with Crippen LogP contribution in [0.1, 0.15) is 44.8 Å². The number of aryl methyl sites for hydroxylation is 1. The van der Waals surface area contributed by atoms with Crippen molar-refractivity contribution in [2.24, 2.45) is 18.4 Å². The standard InChI is InChI=1S/C12H21BrN4/c1-12(2)7-5-6-8(12)9(14-3)10-11(13)15-16-17(10)4/h8-9,14H,5-7H2,1-4H3. The van der Waals surface area contributed by atoms with E-state index in [2.05, 4.69) is 45.4 Å². The van der Waals surface area contributed by atoms with Crippen LogP contribution >= 0.6 is 15.9 Å². The molecule has 0 radical (unpaired) electrons. The Balaban J connectivity index is 2.34. The van der Waals surface area contributed by atoms with Crippen molar-refractivity contribution in [3.8, 4) is 0 Å². The Hall–Kier alpha value is -0.420. The highest BCUT2D eigenvalue weighted by Crippen LogP contribution is 2.49. The summed E-state index contributed by atoms with van der Waals surface area (Å²) in [5.41, 5.74) is 1.55. The van der Waals surface area contributed by atoms with Gasteiger partial charge in [-0.15, -0.1) is 5.10 Å². The van der Waals surface area contributed by atoms with Crippen molar-refractivity contribution in [2.45, 2.75) is 39.2 Å². The molecule has 1 aromatic rings. The summed E-state index contributed by atoms with van der Waals surface area (Å²) >= 11 is 3.51. The van der Waals surface area contributed by atoms with Gasteiger partial charge in [-0.1, -0.05) is 25.5 Å². The summed E-state index contributed by atoms with van der Waals surface area (Å²) in [7, 11) is 3.98. The lowest BCUT2D eigenvalue weighted by molar-refractivity contribution is 0.197. The third kappa shape index (κ3) is 2.27. The molecule has 1 saturated carbocycles. The van der Waals surface area contributed by atoms with E-state index in [0.29, 0.717) is 17.4 Å². The first kappa shape index (κ1) is 13.0. The van der Waals surface area contributed by atoms with E-state index in [0.717, 1.165) is 10.3 Å². The summed E-state index contributed by atoms with van der Waals surface area (Å²) in [6, 6.07) is 0.321. The van der Waals surface area contributed by atoms with Gasteiger partial charge in [-0.3, -0.25) is 0 Å². The first-order valence-electron chi connectivity index (χ1n) is 6.19. The van der Waals surface area contributed by atoms with Crippen LogP contribution in [0.15, 0.2) is 4.60 Å². The minimum Gasteiger partial charge on any atom is -0.311 e. The van der Waals surface area contributed by atoms with Crippen LogP contribution in [-0.4, -0.2) is 22.0 Å². The van der Waals surface area contributed by atoms with Gasteiger partial charge >= 0.3 is 0 Å². The van der Waals surface area contributed by atoms with E-state index >= 15 is 0 Å². The molecule has 4 nitrogen and oxygen atoms in total. The average Bonchev–Trinajstić information content (AvgIpc) is 2.76. The molecule has 1 fully saturated rings. The van der Waals surface area contributed by atoms with Crippen LogP contribution in [0.25, 0.3) is 0 Å². The van der Waals surface area contributed by atoms with Crippen molar-refractivity contribution < 1.29 is 0 Å². The lowest BCUT2D eigenvalue weighted by atomic mass is 9.76. The summed E-state index contributed by atoms with van der Waals surface area (Å²) < 4.78 is 2.74. The minimum absolute atomic E-state index is 0.321. The summed E-state index contributed by atoms with van der Waals surface area (Å²) in [5.74, 6) is 0.640. The topological polar surface area (TPSA) is 42.7 Å². The number of aromatic nitrogens is 3. The summed E-state index contributed by atoms with van der Waals surface area (Å²) in [4.78, 5) is 0. The average molecular weight is 301 g/mol. The fourth-order valence-corrected chi connectivity index (χ4v) is 3.74. The van der Waals surface area contributed by atoms with E-state index in [1.165, 1.54) is 19.3 Å². The van der Waals surface area contributed by atoms with E-state index in [-0.39, 0.29) is 0 Å². The third-order valence-corrected chi connectivity index (χ3v) is 4.74. The normalized spacial score (nSPS) is 25.1. The molecule has 0 amide bonds. The molecule has 1 N–H and O–H groups in total. The Bertz CT molecular complexity index is 380. The van der Waals surface area contributed by atoms with Crippen LogP contribution in [-0.2, 0) is 7.05 Å². The van der Waals surface area contributed by atoms with Gasteiger partial charge < -0.3 is 5.32 Å². The van der Waals surface area contributed by atoms with Gasteiger partial charge in [0.2, 0.25) is 0 Å². The van der Waals surface area contributed by atoms with Gasteiger partial charge in [0, 0.05) is 7.05 Å². The second-order valence-corrected chi connectivity index (χ2v) is 6.39. The largest absolute Gasteiger partial charge is 0.311 e. The van der Waals surface area contributed by atoms with Crippen molar-refractivity contribution in [3.05, 3.63) is 10.3 Å². The smallest absolute Gasteiger partial charge is 0.153 e. The first-order chi connectivity index (χ1) is 7.97. The maximum atomic E-state index is 4.09. The molecule has 96 valence electrons. The number of nitrogens with zero attached hydrogens (tertiary/aromatic N) is 3. The van der Waals surface area contributed by atoms with Gasteiger partial charge in [-0.2, -0.15) is 0 Å². The quantitative estimate of drug-likeness (QED) is 0.933. The molecule has 1 aromatic heterocycles. The Morgan fingerprint density at radius 3 is 2.65 bits per heavy atom. The molecule has 1 aliphatic rings. The minimum atomic E-state index is 0.321. The SMILES string of the molecule is CNC(c1c(Br)nnn1C)C1CCCC1(C)C. The molecule has 0 bridgehead atoms. The number of halogens is 1. The zero-order chi connectivity index (χ0) is 12.6. The fourth-order valence-electron chi connectivity index (χ4n) is 3.17. The summed E-state index contributed by atoms with van der Waals surface area (Å²) in [6.07, 6.45) is 3.90. The van der Waals surface area contributed by atoms with Crippen LogP contribution in [0.3, 0.4) is 0 Å². The first-order valence-corrected chi connectivity index (χ1v) is 6.99. The second-order valence-electron chi connectivity index (χ2n) is 5.64. The zero-order valence-electron chi connectivity index (χ0n) is 11.0. The lowest BCUT2D eigenvalue weighted by Gasteiger charge is -2.34. The van der Waals surface area contributed by atoms with Gasteiger partial charge in [0.25, 0.3) is 0 Å². The molecule has 5 heteroatoms. The Morgan fingerprint density at radius 1 is 1.53 bits per heavy atom. The van der Waals surface area contributed by atoms with Crippen molar-refractivity contribution in [1.82, 2.24) is 20.3 Å². The van der Waals surface area contributed by atoms with E-state index in [1.807, 2.05) is 18.8 Å². The van der Waals surface area contributed by atoms with Crippen molar-refractivity contribution in [1.29, 1.82) is 0 Å². The molecular weight excluding hydrogens is 280 g/mol. The van der Waals surface area contributed by atoms with Crippen LogP contribution in [0.2, 0.25) is 0 Å². The Kier molecular flexibility index (Phi) is 3.59. The van der Waals surface area contributed by atoms with Gasteiger partial charge in [0.05, 0.1) is 11.7 Å². The zero-order valence-corrected chi connectivity index (χ0v) is 12.6. The number of hydrogen-bond acceptors (Lipinski definition) is 3. The second kappa shape index (κ2) is 4.69. The Morgan fingerprint density at radius 2 is 2.24 bits per heavy atom. The molecule has 2 unspecified atom stereocenters. The van der Waals surface area contributed by atoms with Gasteiger partial charge in [-0.05, 0) is 47.2 Å². The maximum Gasteiger partial charge on any atom is 0.153 e. The molecule has 0 aromatic carbocycles. The van der Waals surface area contributed by atoms with Crippen LogP contribution in [0.4, 0.5) is 0 Å². The molecular formula is C12H21BrN4. The third-order valence-electron chi connectivity index (χ3n) is 4.17. The van der Waals surface area contributed by atoms with Gasteiger partial charge in [0.15, 0.2) is 4.60 Å². The van der Waals surface area contributed by atoms with E-state index in [4.69, 9.17) is 0 Å². The van der Waals surface area contributed by atoms with E-state index in [9.17, 15) is 0 Å². The lowest BCUT2D eigenvalue weighted by Crippen LogP contribution is -2.33. The maximum absolute atomic E-state index is 4.09. The number of hydrogen-bond donors (Lipinski definition) is 1. The van der Waals surface area contributed by atoms with Crippen molar-refractivity contribution >= 4 is 15.9 Å². The molecule has 0 spiro atoms. The Labute approximate surface area is 111 Å². The van der Waals surface area contributed by atoms with Gasteiger partial charge in [-0.25, -0.2) is 4.68 Å². The highest BCUT2D eigenvalue weighted by atomic mass is 79.9. The highest BCUT2D eigenvalue weighted by molar-refractivity contribution is 9.10. The van der Waals surface area contributed by atoms with Crippen LogP contribution in [0.5, 0.6) is 0 Å². The predicted octanol–water partition coefficient (Wildman–Crippen LogP) is 2.66. The number of rotatable bonds is 3. The van der Waals surface area contributed by atoms with Crippen LogP contribution in [0, 0.1) is 11.3 Å². The molecule has 2 rings (SSSR count). The molecule has 1 heterocycles. The summed E-state index contributed by atoms with van der Waals surface area (Å²) in [6.45, 7) is 4.74.